The molecule has 3 nitrogen and oxygen atoms in total. The van der Waals surface area contributed by atoms with Crippen LogP contribution in [0, 0.1) is 13.8 Å². The van der Waals surface area contributed by atoms with Crippen LogP contribution >= 0.6 is 11.8 Å². The molecule has 0 fully saturated rings. The first-order valence-corrected chi connectivity index (χ1v) is 11.3. The number of nitrogens with one attached hydrogen (secondary N) is 1. The van der Waals surface area contributed by atoms with E-state index in [1.54, 1.807) is 11.8 Å². The van der Waals surface area contributed by atoms with Gasteiger partial charge in [-0.1, -0.05) is 43.3 Å². The largest absolute Gasteiger partial charge is 0.493 e. The zero-order chi connectivity index (χ0) is 21.3. The van der Waals surface area contributed by atoms with Gasteiger partial charge in [-0.05, 0) is 73.4 Å². The van der Waals surface area contributed by atoms with Gasteiger partial charge in [0.1, 0.15) is 5.75 Å². The van der Waals surface area contributed by atoms with Crippen LogP contribution in [0.2, 0.25) is 0 Å². The van der Waals surface area contributed by atoms with Crippen LogP contribution in [0.25, 0.3) is 0 Å². The highest BCUT2D eigenvalue weighted by Crippen LogP contribution is 2.21. The molecule has 3 aromatic rings. The molecule has 1 amide bonds. The number of ether oxygens (including phenoxy) is 1. The van der Waals surface area contributed by atoms with E-state index < -0.39 is 0 Å². The van der Waals surface area contributed by atoms with Crippen molar-refractivity contribution < 1.29 is 9.53 Å². The second-order valence-corrected chi connectivity index (χ2v) is 8.48. The number of aryl methyl sites for hydroxylation is 2. The van der Waals surface area contributed by atoms with Gasteiger partial charge in [-0.15, -0.1) is 11.8 Å². The molecule has 0 bridgehead atoms. The molecule has 0 unspecified atom stereocenters. The molecule has 0 saturated heterocycles. The monoisotopic (exact) mass is 419 g/mol. The molecule has 0 spiro atoms. The highest BCUT2D eigenvalue weighted by molar-refractivity contribution is 7.99. The molecule has 156 valence electrons. The third kappa shape index (κ3) is 6.14. The maximum absolute atomic E-state index is 12.7. The summed E-state index contributed by atoms with van der Waals surface area (Å²) in [4.78, 5) is 14.0. The Morgan fingerprint density at radius 2 is 1.70 bits per heavy atom. The molecular weight excluding hydrogens is 390 g/mol. The molecule has 0 aliphatic rings. The summed E-state index contributed by atoms with van der Waals surface area (Å²) >= 11 is 1.77. The summed E-state index contributed by atoms with van der Waals surface area (Å²) in [6.07, 6.45) is 0.842. The Morgan fingerprint density at radius 1 is 0.967 bits per heavy atom. The zero-order valence-electron chi connectivity index (χ0n) is 17.9. The van der Waals surface area contributed by atoms with Crippen molar-refractivity contribution in [2.45, 2.75) is 38.1 Å². The summed E-state index contributed by atoms with van der Waals surface area (Å²) in [5.74, 6) is 1.59. The molecule has 30 heavy (non-hydrogen) atoms. The Bertz CT molecular complexity index is 955. The maximum atomic E-state index is 12.7. The van der Waals surface area contributed by atoms with Gasteiger partial charge in [-0.3, -0.25) is 4.79 Å². The summed E-state index contributed by atoms with van der Waals surface area (Å²) in [6, 6.07) is 24.0. The average Bonchev–Trinajstić information content (AvgIpc) is 2.78. The minimum atomic E-state index is -0.0636. The Morgan fingerprint density at radius 3 is 2.37 bits per heavy atom. The van der Waals surface area contributed by atoms with Gasteiger partial charge >= 0.3 is 0 Å². The molecule has 0 saturated carbocycles. The van der Waals surface area contributed by atoms with Crippen LogP contribution in [0.3, 0.4) is 0 Å². The number of rotatable bonds is 9. The number of thioether (sulfide) groups is 1. The number of benzene rings is 3. The first kappa shape index (κ1) is 22.0. The first-order valence-electron chi connectivity index (χ1n) is 10.4. The molecule has 3 aromatic carbocycles. The van der Waals surface area contributed by atoms with Crippen molar-refractivity contribution in [3.05, 3.63) is 95.1 Å². The normalized spacial score (nSPS) is 11.7. The van der Waals surface area contributed by atoms with Gasteiger partial charge in [0, 0.05) is 16.2 Å². The van der Waals surface area contributed by atoms with Gasteiger partial charge in [-0.2, -0.15) is 0 Å². The minimum absolute atomic E-state index is 0.00254. The van der Waals surface area contributed by atoms with E-state index in [9.17, 15) is 4.79 Å². The topological polar surface area (TPSA) is 38.3 Å². The molecule has 4 heteroatoms. The average molecular weight is 420 g/mol. The SMILES string of the molecule is CC[C@@H](NC(=O)c1ccc(OCCSc2ccccc2)cc1)c1ccc(C)c(C)c1. The van der Waals surface area contributed by atoms with E-state index in [-0.39, 0.29) is 11.9 Å². The second kappa shape index (κ2) is 10.9. The quantitative estimate of drug-likeness (QED) is 0.324. The lowest BCUT2D eigenvalue weighted by Crippen LogP contribution is -2.28. The summed E-state index contributed by atoms with van der Waals surface area (Å²) in [5.41, 5.74) is 4.29. The van der Waals surface area contributed by atoms with Crippen molar-refractivity contribution >= 4 is 17.7 Å². The van der Waals surface area contributed by atoms with Crippen LogP contribution < -0.4 is 10.1 Å². The lowest BCUT2D eigenvalue weighted by molar-refractivity contribution is 0.0935. The van der Waals surface area contributed by atoms with Gasteiger partial charge in [0.25, 0.3) is 5.91 Å². The Kier molecular flexibility index (Phi) is 7.97. The molecule has 3 rings (SSSR count). The fourth-order valence-corrected chi connectivity index (χ4v) is 3.93. The molecule has 0 aromatic heterocycles. The maximum Gasteiger partial charge on any atom is 0.251 e. The predicted molar refractivity (Wildman–Crippen MR) is 126 cm³/mol. The number of carbonyl (C=O) groups excluding carboxylic acids is 1. The van der Waals surface area contributed by atoms with Gasteiger partial charge in [0.15, 0.2) is 0 Å². The third-order valence-electron chi connectivity index (χ3n) is 5.13. The molecule has 0 radical (unpaired) electrons. The van der Waals surface area contributed by atoms with Crippen molar-refractivity contribution in [2.75, 3.05) is 12.4 Å². The predicted octanol–water partition coefficient (Wildman–Crippen LogP) is 6.36. The van der Waals surface area contributed by atoms with Crippen molar-refractivity contribution in [1.82, 2.24) is 5.32 Å². The number of carbonyl (C=O) groups is 1. The molecule has 0 aliphatic heterocycles. The van der Waals surface area contributed by atoms with Crippen LogP contribution in [0.4, 0.5) is 0 Å². The van der Waals surface area contributed by atoms with Gasteiger partial charge in [0.2, 0.25) is 0 Å². The lowest BCUT2D eigenvalue weighted by Gasteiger charge is -2.19. The highest BCUT2D eigenvalue weighted by atomic mass is 32.2. The van der Waals surface area contributed by atoms with Crippen LogP contribution in [-0.2, 0) is 0 Å². The smallest absolute Gasteiger partial charge is 0.251 e. The molecule has 0 aliphatic carbocycles. The van der Waals surface area contributed by atoms with Crippen LogP contribution in [0.5, 0.6) is 5.75 Å². The summed E-state index contributed by atoms with van der Waals surface area (Å²) in [6.45, 7) is 6.91. The molecule has 1 atom stereocenters. The van der Waals surface area contributed by atoms with E-state index in [0.717, 1.165) is 23.5 Å². The fraction of sp³-hybridized carbons (Fsp3) is 0.269. The third-order valence-corrected chi connectivity index (χ3v) is 6.10. The van der Waals surface area contributed by atoms with Crippen LogP contribution in [-0.4, -0.2) is 18.3 Å². The Balaban J connectivity index is 1.51. The number of hydrogen-bond donors (Lipinski definition) is 1. The van der Waals surface area contributed by atoms with Crippen molar-refractivity contribution in [2.24, 2.45) is 0 Å². The van der Waals surface area contributed by atoms with Gasteiger partial charge < -0.3 is 10.1 Å². The summed E-state index contributed by atoms with van der Waals surface area (Å²) in [7, 11) is 0. The molecule has 0 heterocycles. The minimum Gasteiger partial charge on any atom is -0.493 e. The second-order valence-electron chi connectivity index (χ2n) is 7.31. The van der Waals surface area contributed by atoms with E-state index >= 15 is 0 Å². The van der Waals surface area contributed by atoms with Crippen molar-refractivity contribution in [3.63, 3.8) is 0 Å². The van der Waals surface area contributed by atoms with Crippen LogP contribution in [0.1, 0.15) is 46.4 Å². The van der Waals surface area contributed by atoms with E-state index in [4.69, 9.17) is 4.74 Å². The van der Waals surface area contributed by atoms with Crippen molar-refractivity contribution in [1.29, 1.82) is 0 Å². The van der Waals surface area contributed by atoms with E-state index in [1.807, 2.05) is 42.5 Å². The Hall–Kier alpha value is -2.72. The zero-order valence-corrected chi connectivity index (χ0v) is 18.7. The fourth-order valence-electron chi connectivity index (χ4n) is 3.18. The lowest BCUT2D eigenvalue weighted by atomic mass is 9.99. The van der Waals surface area contributed by atoms with Gasteiger partial charge in [0.05, 0.1) is 12.6 Å². The standard InChI is InChI=1S/C26H29NO2S/c1-4-25(22-11-10-19(2)20(3)18-22)27-26(28)21-12-14-23(15-13-21)29-16-17-30-24-8-6-5-7-9-24/h5-15,18,25H,4,16-17H2,1-3H3,(H,27,28)/t25-/m1/s1. The first-order chi connectivity index (χ1) is 14.6. The summed E-state index contributed by atoms with van der Waals surface area (Å²) < 4.78 is 5.81. The van der Waals surface area contributed by atoms with Gasteiger partial charge in [-0.25, -0.2) is 0 Å². The number of amides is 1. The summed E-state index contributed by atoms with van der Waals surface area (Å²) in [5, 5.41) is 3.15. The van der Waals surface area contributed by atoms with E-state index in [1.165, 1.54) is 16.0 Å². The Labute approximate surface area is 183 Å². The number of hydrogen-bond acceptors (Lipinski definition) is 3. The molecular formula is C26H29NO2S. The van der Waals surface area contributed by atoms with Crippen molar-refractivity contribution in [3.8, 4) is 5.75 Å². The molecule has 1 N–H and O–H groups in total. The van der Waals surface area contributed by atoms with E-state index in [0.29, 0.717) is 12.2 Å². The van der Waals surface area contributed by atoms with E-state index in [2.05, 4.69) is 56.4 Å². The highest BCUT2D eigenvalue weighted by Gasteiger charge is 2.15. The van der Waals surface area contributed by atoms with Crippen LogP contribution in [0.15, 0.2) is 77.7 Å².